The predicted molar refractivity (Wildman–Crippen MR) is 252 cm³/mol. The topological polar surface area (TPSA) is 149 Å². The summed E-state index contributed by atoms with van der Waals surface area (Å²) in [5, 5.41) is 18.4. The number of hydrogen-bond acceptors (Lipinski definition) is 9. The number of ether oxygens (including phenoxy) is 2. The second-order valence-corrected chi connectivity index (χ2v) is 19.0. The Morgan fingerprint density at radius 3 is 1.18 bits per heavy atom. The van der Waals surface area contributed by atoms with E-state index in [0.29, 0.717) is 12.8 Å². The lowest BCUT2D eigenvalue weighted by atomic mass is 10.0. The molecule has 0 radical (unpaired) electrons. The molecule has 61 heavy (non-hydrogen) atoms. The van der Waals surface area contributed by atoms with Crippen molar-refractivity contribution in [3.05, 3.63) is 12.2 Å². The van der Waals surface area contributed by atoms with E-state index in [9.17, 15) is 24.2 Å². The molecule has 0 aromatic carbocycles. The summed E-state index contributed by atoms with van der Waals surface area (Å²) < 4.78 is 32.8. The van der Waals surface area contributed by atoms with Gasteiger partial charge >= 0.3 is 19.8 Å². The summed E-state index contributed by atoms with van der Waals surface area (Å²) in [7, 11) is -4.62. The summed E-state index contributed by atoms with van der Waals surface area (Å²) in [5.41, 5.74) is 0. The normalized spacial score (nSPS) is 13.7. The van der Waals surface area contributed by atoms with Crippen LogP contribution in [0.5, 0.6) is 0 Å². The maximum Gasteiger partial charge on any atom is 0.472 e. The molecule has 0 amide bonds. The van der Waals surface area contributed by atoms with Crippen molar-refractivity contribution in [3.8, 4) is 0 Å². The highest BCUT2D eigenvalue weighted by Crippen LogP contribution is 2.43. The van der Waals surface area contributed by atoms with Crippen LogP contribution < -0.4 is 0 Å². The maximum atomic E-state index is 12.6. The van der Waals surface area contributed by atoms with Gasteiger partial charge in [0.15, 0.2) is 6.10 Å². The first kappa shape index (κ1) is 59.7. The summed E-state index contributed by atoms with van der Waals surface area (Å²) in [4.78, 5) is 35.1. The zero-order chi connectivity index (χ0) is 44.8. The Balaban J connectivity index is 4.10. The number of aliphatic hydroxyl groups is 2. The van der Waals surface area contributed by atoms with E-state index in [0.717, 1.165) is 51.4 Å². The minimum atomic E-state index is -4.62. The van der Waals surface area contributed by atoms with Crippen LogP contribution in [0.25, 0.3) is 0 Å². The number of unbranched alkanes of at least 4 members (excludes halogenated alkanes) is 33. The fourth-order valence-corrected chi connectivity index (χ4v) is 8.25. The third-order valence-electron chi connectivity index (χ3n) is 11.4. The second kappa shape index (κ2) is 46.7. The van der Waals surface area contributed by atoms with Crippen molar-refractivity contribution in [2.24, 2.45) is 0 Å². The van der Waals surface area contributed by atoms with Gasteiger partial charge in [0, 0.05) is 12.8 Å². The Labute approximate surface area is 375 Å². The number of carbonyl (C=O) groups is 2. The SMILES string of the molecule is CCCCCCCC/C=C\CCCCCCCC(=O)OC(COC(=O)CCCCCCCCCCCCCCCCCCCCCCCCC)COP(=O)(O)OCC(O)CO. The average Bonchev–Trinajstić information content (AvgIpc) is 3.25. The number of phosphoric ester groups is 1. The summed E-state index contributed by atoms with van der Waals surface area (Å²) in [6.45, 7) is 2.42. The molecule has 0 bridgehead atoms. The van der Waals surface area contributed by atoms with Gasteiger partial charge in [-0.05, 0) is 38.5 Å². The van der Waals surface area contributed by atoms with Crippen LogP contribution in [0.4, 0.5) is 0 Å². The molecule has 0 aliphatic carbocycles. The molecule has 0 aliphatic heterocycles. The molecular formula is C50H97O10P. The quantitative estimate of drug-likeness (QED) is 0.0233. The minimum Gasteiger partial charge on any atom is -0.462 e. The van der Waals surface area contributed by atoms with Crippen LogP contribution in [0, 0.1) is 0 Å². The van der Waals surface area contributed by atoms with Gasteiger partial charge in [-0.3, -0.25) is 18.6 Å². The van der Waals surface area contributed by atoms with Crippen LogP contribution in [0.15, 0.2) is 12.2 Å². The molecule has 3 atom stereocenters. The summed E-state index contributed by atoms with van der Waals surface area (Å²) >= 11 is 0. The number of hydrogen-bond donors (Lipinski definition) is 3. The number of carbonyl (C=O) groups excluding carboxylic acids is 2. The van der Waals surface area contributed by atoms with Crippen LogP contribution >= 0.6 is 7.82 Å². The number of allylic oxidation sites excluding steroid dienone is 2. The van der Waals surface area contributed by atoms with Crippen molar-refractivity contribution in [2.75, 3.05) is 26.4 Å². The lowest BCUT2D eigenvalue weighted by Gasteiger charge is -2.20. The molecule has 3 unspecified atom stereocenters. The first-order valence-corrected chi connectivity index (χ1v) is 27.1. The summed E-state index contributed by atoms with van der Waals surface area (Å²) in [5.74, 6) is -0.919. The Hall–Kier alpha value is -1.29. The van der Waals surface area contributed by atoms with Crippen molar-refractivity contribution >= 4 is 19.8 Å². The molecule has 0 saturated heterocycles. The highest BCUT2D eigenvalue weighted by atomic mass is 31.2. The summed E-state index contributed by atoms with van der Waals surface area (Å²) in [6, 6.07) is 0. The summed E-state index contributed by atoms with van der Waals surface area (Å²) in [6.07, 6.45) is 47.6. The monoisotopic (exact) mass is 889 g/mol. The molecule has 0 aromatic rings. The van der Waals surface area contributed by atoms with Crippen LogP contribution in [0.3, 0.4) is 0 Å². The average molecular weight is 889 g/mol. The van der Waals surface area contributed by atoms with E-state index in [1.165, 1.54) is 167 Å². The van der Waals surface area contributed by atoms with Gasteiger partial charge in [-0.1, -0.05) is 219 Å². The van der Waals surface area contributed by atoms with Gasteiger partial charge < -0.3 is 24.6 Å². The van der Waals surface area contributed by atoms with Crippen LogP contribution in [0.1, 0.15) is 258 Å². The van der Waals surface area contributed by atoms with Gasteiger partial charge in [0.1, 0.15) is 12.7 Å². The van der Waals surface area contributed by atoms with Gasteiger partial charge in [-0.2, -0.15) is 0 Å². The number of rotatable bonds is 49. The lowest BCUT2D eigenvalue weighted by Crippen LogP contribution is -2.29. The van der Waals surface area contributed by atoms with Gasteiger partial charge in [0.2, 0.25) is 0 Å². The Morgan fingerprint density at radius 2 is 0.803 bits per heavy atom. The highest BCUT2D eigenvalue weighted by Gasteiger charge is 2.27. The van der Waals surface area contributed by atoms with Gasteiger partial charge in [-0.15, -0.1) is 0 Å². The molecule has 0 spiro atoms. The van der Waals surface area contributed by atoms with Crippen LogP contribution in [-0.2, 0) is 32.7 Å². The Kier molecular flexibility index (Phi) is 45.7. The third-order valence-corrected chi connectivity index (χ3v) is 12.4. The fourth-order valence-electron chi connectivity index (χ4n) is 7.46. The molecule has 362 valence electrons. The number of esters is 2. The first-order chi connectivity index (χ1) is 29.7. The van der Waals surface area contributed by atoms with E-state index >= 15 is 0 Å². The van der Waals surface area contributed by atoms with Gasteiger partial charge in [0.25, 0.3) is 0 Å². The maximum absolute atomic E-state index is 12.6. The minimum absolute atomic E-state index is 0.179. The molecule has 0 rings (SSSR count). The zero-order valence-corrected chi connectivity index (χ0v) is 40.5. The predicted octanol–water partition coefficient (Wildman–Crippen LogP) is 14.3. The van der Waals surface area contributed by atoms with Crippen molar-refractivity contribution in [1.29, 1.82) is 0 Å². The highest BCUT2D eigenvalue weighted by molar-refractivity contribution is 7.47. The molecule has 0 heterocycles. The van der Waals surface area contributed by atoms with E-state index in [2.05, 4.69) is 26.0 Å². The first-order valence-electron chi connectivity index (χ1n) is 25.6. The van der Waals surface area contributed by atoms with Crippen molar-refractivity contribution in [1.82, 2.24) is 0 Å². The Morgan fingerprint density at radius 1 is 0.475 bits per heavy atom. The fraction of sp³-hybridized carbons (Fsp3) is 0.920. The molecule has 11 heteroatoms. The standard InChI is InChI=1S/C50H97O10P/c1-3-5-7-9-11-13-15-17-19-20-21-22-23-24-25-26-28-29-31-33-35-37-39-41-49(53)57-45-48(46-59-61(55,56)58-44-47(52)43-51)60-50(54)42-40-38-36-34-32-30-27-18-16-14-12-10-8-6-4-2/h18,27,47-48,51-52H,3-17,19-26,28-46H2,1-2H3,(H,55,56)/b27-18-. The van der Waals surface area contributed by atoms with Crippen LogP contribution in [0.2, 0.25) is 0 Å². The zero-order valence-electron chi connectivity index (χ0n) is 39.7. The van der Waals surface area contributed by atoms with Crippen molar-refractivity contribution < 1.29 is 47.8 Å². The van der Waals surface area contributed by atoms with Crippen LogP contribution in [-0.4, -0.2) is 65.7 Å². The molecule has 0 aromatic heterocycles. The number of phosphoric acid groups is 1. The third kappa shape index (κ3) is 46.5. The molecule has 10 nitrogen and oxygen atoms in total. The van der Waals surface area contributed by atoms with Gasteiger partial charge in [-0.25, -0.2) is 4.57 Å². The Bertz CT molecular complexity index is 1020. The van der Waals surface area contributed by atoms with Crippen molar-refractivity contribution in [2.45, 2.75) is 270 Å². The molecule has 0 fully saturated rings. The van der Waals surface area contributed by atoms with E-state index < -0.39 is 51.8 Å². The molecule has 0 aliphatic rings. The van der Waals surface area contributed by atoms with Gasteiger partial charge in [0.05, 0.1) is 19.8 Å². The number of aliphatic hydroxyl groups excluding tert-OH is 2. The van der Waals surface area contributed by atoms with Crippen molar-refractivity contribution in [3.63, 3.8) is 0 Å². The smallest absolute Gasteiger partial charge is 0.462 e. The second-order valence-electron chi connectivity index (χ2n) is 17.6. The van der Waals surface area contributed by atoms with E-state index in [1.54, 1.807) is 0 Å². The molecule has 3 N–H and O–H groups in total. The van der Waals surface area contributed by atoms with E-state index in [4.69, 9.17) is 23.6 Å². The largest absolute Gasteiger partial charge is 0.472 e. The van der Waals surface area contributed by atoms with E-state index in [1.807, 2.05) is 0 Å². The lowest BCUT2D eigenvalue weighted by molar-refractivity contribution is -0.161. The molecule has 0 saturated carbocycles. The molecular weight excluding hydrogens is 792 g/mol. The van der Waals surface area contributed by atoms with E-state index in [-0.39, 0.29) is 19.4 Å².